The fourth-order valence-electron chi connectivity index (χ4n) is 3.98. The zero-order valence-electron chi connectivity index (χ0n) is 15.0. The van der Waals surface area contributed by atoms with Crippen LogP contribution in [0.2, 0.25) is 0 Å². The Kier molecular flexibility index (Phi) is 3.71. The monoisotopic (exact) mass is 375 g/mol. The molecule has 3 heterocycles. The third-order valence-corrected chi connectivity index (χ3v) is 5.34. The van der Waals surface area contributed by atoms with Crippen molar-refractivity contribution >= 4 is 11.6 Å². The second-order valence-electron chi connectivity index (χ2n) is 7.04. The number of non-ortho nitro benzene ring substituents is 1. The number of nitro benzene ring substituents is 1. The Labute approximate surface area is 160 Å². The van der Waals surface area contributed by atoms with Crippen LogP contribution in [0.3, 0.4) is 0 Å². The summed E-state index contributed by atoms with van der Waals surface area (Å²) in [7, 11) is 0. The zero-order valence-corrected chi connectivity index (χ0v) is 15.0. The first-order chi connectivity index (χ1) is 13.6. The Bertz CT molecular complexity index is 1130. The average molecular weight is 375 g/mol. The van der Waals surface area contributed by atoms with Crippen molar-refractivity contribution in [1.82, 2.24) is 20.1 Å². The SMILES string of the molecule is O=C1NCCCn2nc3c(c21)CCc1cnc(-c2cccc([N+](=O)[O-])c2)cc1-3. The molecule has 0 spiro atoms. The maximum absolute atomic E-state index is 12.5. The number of hydrogen-bond donors (Lipinski definition) is 1. The predicted octanol–water partition coefficient (Wildman–Crippen LogP) is 2.75. The molecule has 8 nitrogen and oxygen atoms in total. The molecule has 0 bridgehead atoms. The van der Waals surface area contributed by atoms with Gasteiger partial charge in [0.1, 0.15) is 5.69 Å². The first-order valence-corrected chi connectivity index (χ1v) is 9.24. The minimum Gasteiger partial charge on any atom is -0.351 e. The lowest BCUT2D eigenvalue weighted by Crippen LogP contribution is -2.24. The van der Waals surface area contributed by atoms with Gasteiger partial charge in [-0.2, -0.15) is 5.10 Å². The van der Waals surface area contributed by atoms with E-state index in [0.717, 1.165) is 41.6 Å². The summed E-state index contributed by atoms with van der Waals surface area (Å²) in [5.74, 6) is -0.0670. The number of rotatable bonds is 2. The van der Waals surface area contributed by atoms with Crippen molar-refractivity contribution in [1.29, 1.82) is 0 Å². The number of amides is 1. The molecule has 5 rings (SSSR count). The quantitative estimate of drug-likeness (QED) is 0.548. The highest BCUT2D eigenvalue weighted by Crippen LogP contribution is 2.37. The molecule has 140 valence electrons. The second kappa shape index (κ2) is 6.26. The number of hydrogen-bond acceptors (Lipinski definition) is 5. The van der Waals surface area contributed by atoms with Gasteiger partial charge in [-0.1, -0.05) is 12.1 Å². The molecular weight excluding hydrogens is 358 g/mol. The molecule has 0 saturated heterocycles. The summed E-state index contributed by atoms with van der Waals surface area (Å²) in [6, 6.07) is 8.38. The van der Waals surface area contributed by atoms with E-state index in [4.69, 9.17) is 5.10 Å². The molecule has 0 saturated carbocycles. The third-order valence-electron chi connectivity index (χ3n) is 5.34. The van der Waals surface area contributed by atoms with Crippen LogP contribution in [0.25, 0.3) is 22.5 Å². The fourth-order valence-corrected chi connectivity index (χ4v) is 3.98. The molecule has 1 N–H and O–H groups in total. The van der Waals surface area contributed by atoms with Crippen LogP contribution in [0.15, 0.2) is 36.5 Å². The summed E-state index contributed by atoms with van der Waals surface area (Å²) in [6.45, 7) is 1.37. The highest BCUT2D eigenvalue weighted by molar-refractivity contribution is 5.96. The van der Waals surface area contributed by atoms with Gasteiger partial charge in [0.25, 0.3) is 11.6 Å². The smallest absolute Gasteiger partial charge is 0.270 e. The van der Waals surface area contributed by atoms with E-state index in [-0.39, 0.29) is 11.6 Å². The first kappa shape index (κ1) is 16.6. The summed E-state index contributed by atoms with van der Waals surface area (Å²) in [4.78, 5) is 27.7. The van der Waals surface area contributed by atoms with Crippen molar-refractivity contribution < 1.29 is 9.72 Å². The van der Waals surface area contributed by atoms with E-state index < -0.39 is 4.92 Å². The Morgan fingerprint density at radius 3 is 2.96 bits per heavy atom. The van der Waals surface area contributed by atoms with Gasteiger partial charge in [0.15, 0.2) is 0 Å². The number of carbonyl (C=O) groups excluding carboxylic acids is 1. The van der Waals surface area contributed by atoms with Gasteiger partial charge in [0.2, 0.25) is 0 Å². The molecule has 0 fully saturated rings. The van der Waals surface area contributed by atoms with Gasteiger partial charge in [0.05, 0.1) is 16.3 Å². The van der Waals surface area contributed by atoms with Gasteiger partial charge in [-0.25, -0.2) is 0 Å². The molecule has 0 atom stereocenters. The van der Waals surface area contributed by atoms with E-state index in [1.807, 2.05) is 16.9 Å². The normalized spacial score (nSPS) is 15.1. The van der Waals surface area contributed by atoms with Crippen LogP contribution in [0, 0.1) is 10.1 Å². The van der Waals surface area contributed by atoms with Gasteiger partial charge in [-0.05, 0) is 30.9 Å². The molecule has 3 aromatic rings. The van der Waals surface area contributed by atoms with Gasteiger partial charge >= 0.3 is 0 Å². The number of fused-ring (bicyclic) bond motifs is 5. The number of aromatic nitrogens is 3. The number of benzene rings is 1. The predicted molar refractivity (Wildman–Crippen MR) is 102 cm³/mol. The van der Waals surface area contributed by atoms with Gasteiger partial charge in [0, 0.05) is 48.1 Å². The Balaban J connectivity index is 1.64. The fraction of sp³-hybridized carbons (Fsp3) is 0.250. The van der Waals surface area contributed by atoms with Crippen LogP contribution >= 0.6 is 0 Å². The third kappa shape index (κ3) is 2.57. The average Bonchev–Trinajstić information content (AvgIpc) is 3.00. The second-order valence-corrected chi connectivity index (χ2v) is 7.04. The summed E-state index contributed by atoms with van der Waals surface area (Å²) in [6.07, 6.45) is 4.21. The first-order valence-electron chi connectivity index (χ1n) is 9.24. The number of aryl methyl sites for hydroxylation is 2. The standard InChI is InChI=1S/C20H17N5O3/c26-20-19-15-6-5-13-11-22-17(12-3-1-4-14(9-12)25(27)28)10-16(13)18(15)23-24(19)8-2-7-21-20/h1,3-4,9-11H,2,5-8H2,(H,21,26). The summed E-state index contributed by atoms with van der Waals surface area (Å²) in [5.41, 5.74) is 5.85. The lowest BCUT2D eigenvalue weighted by molar-refractivity contribution is -0.384. The lowest BCUT2D eigenvalue weighted by atomic mass is 9.89. The van der Waals surface area contributed by atoms with Crippen molar-refractivity contribution in [3.63, 3.8) is 0 Å². The molecule has 1 aromatic carbocycles. The molecule has 1 aliphatic carbocycles. The van der Waals surface area contributed by atoms with Crippen LogP contribution < -0.4 is 5.32 Å². The van der Waals surface area contributed by atoms with Crippen LogP contribution in [-0.2, 0) is 19.4 Å². The molecule has 28 heavy (non-hydrogen) atoms. The minimum absolute atomic E-state index is 0.0306. The molecule has 1 aliphatic heterocycles. The summed E-state index contributed by atoms with van der Waals surface area (Å²) >= 11 is 0. The topological polar surface area (TPSA) is 103 Å². The van der Waals surface area contributed by atoms with E-state index >= 15 is 0 Å². The van der Waals surface area contributed by atoms with E-state index in [2.05, 4.69) is 10.3 Å². The molecule has 2 aliphatic rings. The highest BCUT2D eigenvalue weighted by Gasteiger charge is 2.29. The number of pyridine rings is 1. The van der Waals surface area contributed by atoms with Crippen LogP contribution in [0.1, 0.15) is 28.0 Å². The van der Waals surface area contributed by atoms with Crippen molar-refractivity contribution in [3.8, 4) is 22.5 Å². The zero-order chi connectivity index (χ0) is 19.3. The van der Waals surface area contributed by atoms with Gasteiger partial charge in [-0.3, -0.25) is 24.6 Å². The van der Waals surface area contributed by atoms with E-state index in [1.54, 1.807) is 12.1 Å². The van der Waals surface area contributed by atoms with Crippen molar-refractivity contribution in [2.45, 2.75) is 25.8 Å². The highest BCUT2D eigenvalue weighted by atomic mass is 16.6. The number of nitro groups is 1. The van der Waals surface area contributed by atoms with E-state index in [0.29, 0.717) is 30.0 Å². The largest absolute Gasteiger partial charge is 0.351 e. The van der Waals surface area contributed by atoms with Crippen molar-refractivity contribution in [3.05, 3.63) is 63.5 Å². The van der Waals surface area contributed by atoms with E-state index in [1.165, 1.54) is 12.1 Å². The molecular formula is C20H17N5O3. The molecule has 8 heteroatoms. The Morgan fingerprint density at radius 2 is 2.11 bits per heavy atom. The molecule has 0 radical (unpaired) electrons. The van der Waals surface area contributed by atoms with Gasteiger partial charge in [-0.15, -0.1) is 0 Å². The Hall–Kier alpha value is -3.55. The van der Waals surface area contributed by atoms with Crippen molar-refractivity contribution in [2.24, 2.45) is 0 Å². The van der Waals surface area contributed by atoms with Gasteiger partial charge < -0.3 is 5.32 Å². The number of carbonyl (C=O) groups is 1. The Morgan fingerprint density at radius 1 is 1.21 bits per heavy atom. The summed E-state index contributed by atoms with van der Waals surface area (Å²) in [5, 5.41) is 18.8. The maximum atomic E-state index is 12.5. The lowest BCUT2D eigenvalue weighted by Gasteiger charge is -2.16. The number of nitrogens with one attached hydrogen (secondary N) is 1. The summed E-state index contributed by atoms with van der Waals surface area (Å²) < 4.78 is 1.82. The van der Waals surface area contributed by atoms with Crippen LogP contribution in [0.5, 0.6) is 0 Å². The van der Waals surface area contributed by atoms with E-state index in [9.17, 15) is 14.9 Å². The molecule has 2 aromatic heterocycles. The van der Waals surface area contributed by atoms with Crippen molar-refractivity contribution in [2.75, 3.05) is 6.54 Å². The molecule has 0 unspecified atom stereocenters. The minimum atomic E-state index is -0.412. The maximum Gasteiger partial charge on any atom is 0.270 e. The van der Waals surface area contributed by atoms with Crippen LogP contribution in [-0.4, -0.2) is 32.1 Å². The van der Waals surface area contributed by atoms with Crippen LogP contribution in [0.4, 0.5) is 5.69 Å². The molecule has 1 amide bonds. The number of nitrogens with zero attached hydrogens (tertiary/aromatic N) is 4.